The lowest BCUT2D eigenvalue weighted by Crippen LogP contribution is -2.02. The van der Waals surface area contributed by atoms with E-state index in [-0.39, 0.29) is 5.69 Å². The van der Waals surface area contributed by atoms with Crippen LogP contribution in [0.15, 0.2) is 22.7 Å². The maximum absolute atomic E-state index is 10.7. The number of aromatic nitrogens is 2. The largest absolute Gasteiger partial charge is 0.380 e. The van der Waals surface area contributed by atoms with Crippen molar-refractivity contribution in [3.63, 3.8) is 0 Å². The Hall–Kier alpha value is -1.89. The molecule has 0 unspecified atom stereocenters. The molecular weight excluding hydrogens is 312 g/mol. The number of aryl methyl sites for hydroxylation is 2. The van der Waals surface area contributed by atoms with Crippen LogP contribution in [0.5, 0.6) is 0 Å². The fourth-order valence-corrected chi connectivity index (χ4v) is 2.29. The van der Waals surface area contributed by atoms with Crippen molar-refractivity contribution in [2.24, 2.45) is 0 Å². The third kappa shape index (κ3) is 2.93. The van der Waals surface area contributed by atoms with E-state index in [0.29, 0.717) is 11.0 Å². The summed E-state index contributed by atoms with van der Waals surface area (Å²) in [4.78, 5) is 10.2. The summed E-state index contributed by atoms with van der Waals surface area (Å²) < 4.78 is 0.667. The minimum atomic E-state index is -0.418. The predicted octanol–water partition coefficient (Wildman–Crippen LogP) is 3.31. The molecule has 0 radical (unpaired) electrons. The average Bonchev–Trinajstić information content (AvgIpc) is 2.68. The number of halogens is 1. The Balaban J connectivity index is 2.14. The number of H-pyrrole nitrogens is 1. The van der Waals surface area contributed by atoms with Crippen LogP contribution in [0.1, 0.15) is 17.0 Å². The van der Waals surface area contributed by atoms with Crippen molar-refractivity contribution in [1.29, 1.82) is 0 Å². The van der Waals surface area contributed by atoms with Crippen LogP contribution in [0.25, 0.3) is 0 Å². The topological polar surface area (TPSA) is 83.8 Å². The first-order valence-corrected chi connectivity index (χ1v) is 6.46. The molecule has 19 heavy (non-hydrogen) atoms. The summed E-state index contributed by atoms with van der Waals surface area (Å²) in [5.74, 6) is 0. The molecule has 0 bridgehead atoms. The smallest absolute Gasteiger partial charge is 0.270 e. The standard InChI is InChI=1S/C12H13BrN4O2/c1-7-10(8(2)16-15-7)6-14-12-4-3-9(17(18)19)5-11(12)13/h3-5,14H,6H2,1-2H3,(H,15,16). The van der Waals surface area contributed by atoms with Gasteiger partial charge in [0.05, 0.1) is 10.6 Å². The fourth-order valence-electron chi connectivity index (χ4n) is 1.78. The second kappa shape index (κ2) is 5.40. The van der Waals surface area contributed by atoms with Gasteiger partial charge in [-0.2, -0.15) is 5.10 Å². The van der Waals surface area contributed by atoms with Gasteiger partial charge in [0, 0.05) is 40.1 Å². The second-order valence-corrected chi connectivity index (χ2v) is 5.04. The lowest BCUT2D eigenvalue weighted by Gasteiger charge is -2.08. The molecule has 1 aromatic heterocycles. The van der Waals surface area contributed by atoms with Crippen LogP contribution in [0, 0.1) is 24.0 Å². The molecule has 0 amide bonds. The Labute approximate surface area is 118 Å². The molecule has 7 heteroatoms. The zero-order chi connectivity index (χ0) is 14.0. The summed E-state index contributed by atoms with van der Waals surface area (Å²) >= 11 is 3.33. The maximum atomic E-state index is 10.7. The van der Waals surface area contributed by atoms with Crippen molar-refractivity contribution in [3.05, 3.63) is 49.7 Å². The van der Waals surface area contributed by atoms with Gasteiger partial charge < -0.3 is 5.32 Å². The van der Waals surface area contributed by atoms with Crippen LogP contribution in [-0.2, 0) is 6.54 Å². The van der Waals surface area contributed by atoms with Crippen LogP contribution in [0.2, 0.25) is 0 Å². The molecule has 0 aliphatic rings. The summed E-state index contributed by atoms with van der Waals surface area (Å²) in [7, 11) is 0. The number of hydrogen-bond donors (Lipinski definition) is 2. The highest BCUT2D eigenvalue weighted by molar-refractivity contribution is 9.10. The monoisotopic (exact) mass is 324 g/mol. The average molecular weight is 325 g/mol. The Morgan fingerprint density at radius 2 is 2.21 bits per heavy atom. The van der Waals surface area contributed by atoms with Crippen molar-refractivity contribution in [1.82, 2.24) is 10.2 Å². The first-order valence-electron chi connectivity index (χ1n) is 5.67. The lowest BCUT2D eigenvalue weighted by atomic mass is 10.2. The molecule has 0 fully saturated rings. The molecule has 100 valence electrons. The van der Waals surface area contributed by atoms with E-state index in [1.165, 1.54) is 12.1 Å². The van der Waals surface area contributed by atoms with Gasteiger partial charge in [-0.25, -0.2) is 0 Å². The molecule has 0 aliphatic carbocycles. The molecule has 6 nitrogen and oxygen atoms in total. The molecular formula is C12H13BrN4O2. The minimum Gasteiger partial charge on any atom is -0.380 e. The van der Waals surface area contributed by atoms with Crippen molar-refractivity contribution in [3.8, 4) is 0 Å². The number of anilines is 1. The number of nitrogens with zero attached hydrogens (tertiary/aromatic N) is 2. The molecule has 1 aromatic carbocycles. The van der Waals surface area contributed by atoms with Crippen LogP contribution >= 0.6 is 15.9 Å². The van der Waals surface area contributed by atoms with Gasteiger partial charge in [0.15, 0.2) is 0 Å². The zero-order valence-electron chi connectivity index (χ0n) is 10.5. The Bertz CT molecular complexity index is 605. The van der Waals surface area contributed by atoms with Gasteiger partial charge in [-0.1, -0.05) is 0 Å². The van der Waals surface area contributed by atoms with E-state index in [1.807, 2.05) is 13.8 Å². The van der Waals surface area contributed by atoms with Gasteiger partial charge in [0.1, 0.15) is 0 Å². The SMILES string of the molecule is Cc1n[nH]c(C)c1CNc1ccc([N+](=O)[O-])cc1Br. The van der Waals surface area contributed by atoms with Crippen molar-refractivity contribution >= 4 is 27.3 Å². The van der Waals surface area contributed by atoms with E-state index in [2.05, 4.69) is 31.4 Å². The Morgan fingerprint density at radius 3 is 2.74 bits per heavy atom. The van der Waals surface area contributed by atoms with Gasteiger partial charge in [0.2, 0.25) is 0 Å². The third-order valence-corrected chi connectivity index (χ3v) is 3.56. The minimum absolute atomic E-state index is 0.0631. The van der Waals surface area contributed by atoms with Crippen LogP contribution in [0.3, 0.4) is 0 Å². The van der Waals surface area contributed by atoms with Crippen molar-refractivity contribution < 1.29 is 4.92 Å². The normalized spacial score (nSPS) is 10.5. The molecule has 0 aliphatic heterocycles. The fraction of sp³-hybridized carbons (Fsp3) is 0.250. The van der Waals surface area contributed by atoms with Gasteiger partial charge in [-0.3, -0.25) is 15.2 Å². The predicted molar refractivity (Wildman–Crippen MR) is 76.2 cm³/mol. The zero-order valence-corrected chi connectivity index (χ0v) is 12.1. The van der Waals surface area contributed by atoms with E-state index in [0.717, 1.165) is 22.6 Å². The van der Waals surface area contributed by atoms with E-state index < -0.39 is 4.92 Å². The summed E-state index contributed by atoms with van der Waals surface area (Å²) in [6.45, 7) is 4.51. The number of benzene rings is 1. The summed E-state index contributed by atoms with van der Waals surface area (Å²) in [6.07, 6.45) is 0. The Kier molecular flexibility index (Phi) is 3.84. The first kappa shape index (κ1) is 13.5. The van der Waals surface area contributed by atoms with Gasteiger partial charge >= 0.3 is 0 Å². The number of rotatable bonds is 4. The van der Waals surface area contributed by atoms with Crippen LogP contribution in [-0.4, -0.2) is 15.1 Å². The first-order chi connectivity index (χ1) is 8.99. The van der Waals surface area contributed by atoms with Crippen LogP contribution in [0.4, 0.5) is 11.4 Å². The van der Waals surface area contributed by atoms with E-state index >= 15 is 0 Å². The molecule has 0 spiro atoms. The summed E-state index contributed by atoms with van der Waals surface area (Å²) in [5.41, 5.74) is 3.94. The number of nitro groups is 1. The highest BCUT2D eigenvalue weighted by Gasteiger charge is 2.10. The molecule has 1 heterocycles. The van der Waals surface area contributed by atoms with Crippen molar-refractivity contribution in [2.75, 3.05) is 5.32 Å². The summed E-state index contributed by atoms with van der Waals surface area (Å²) in [6, 6.07) is 4.65. The number of hydrogen-bond acceptors (Lipinski definition) is 4. The summed E-state index contributed by atoms with van der Waals surface area (Å²) in [5, 5.41) is 20.9. The maximum Gasteiger partial charge on any atom is 0.270 e. The number of non-ortho nitro benzene ring substituents is 1. The number of nitrogens with one attached hydrogen (secondary N) is 2. The van der Waals surface area contributed by atoms with Gasteiger partial charge in [0.25, 0.3) is 5.69 Å². The lowest BCUT2D eigenvalue weighted by molar-refractivity contribution is -0.384. The molecule has 0 saturated carbocycles. The molecule has 2 aromatic rings. The molecule has 2 N–H and O–H groups in total. The molecule has 0 atom stereocenters. The molecule has 0 saturated heterocycles. The van der Waals surface area contributed by atoms with E-state index in [4.69, 9.17) is 0 Å². The number of aromatic amines is 1. The Morgan fingerprint density at radius 1 is 1.47 bits per heavy atom. The van der Waals surface area contributed by atoms with E-state index in [9.17, 15) is 10.1 Å². The highest BCUT2D eigenvalue weighted by Crippen LogP contribution is 2.27. The second-order valence-electron chi connectivity index (χ2n) is 4.19. The molecule has 2 rings (SSSR count). The van der Waals surface area contributed by atoms with Gasteiger partial charge in [-0.15, -0.1) is 0 Å². The number of nitro benzene ring substituents is 1. The third-order valence-electron chi connectivity index (χ3n) is 2.90. The van der Waals surface area contributed by atoms with Crippen LogP contribution < -0.4 is 5.32 Å². The van der Waals surface area contributed by atoms with E-state index in [1.54, 1.807) is 6.07 Å². The highest BCUT2D eigenvalue weighted by atomic mass is 79.9. The quantitative estimate of drug-likeness (QED) is 0.667. The van der Waals surface area contributed by atoms with Gasteiger partial charge in [-0.05, 0) is 35.8 Å². The van der Waals surface area contributed by atoms with Crippen molar-refractivity contribution in [2.45, 2.75) is 20.4 Å².